The van der Waals surface area contributed by atoms with Crippen LogP contribution in [0.1, 0.15) is 19.3 Å². The molecule has 0 spiro atoms. The molecule has 1 aromatic heterocycles. The van der Waals surface area contributed by atoms with Gasteiger partial charge in [-0.2, -0.15) is 0 Å². The Morgan fingerprint density at radius 1 is 1.36 bits per heavy atom. The maximum absolute atomic E-state index is 12.0. The van der Waals surface area contributed by atoms with Crippen LogP contribution < -0.4 is 10.6 Å². The highest BCUT2D eigenvalue weighted by Crippen LogP contribution is 2.19. The molecule has 1 saturated heterocycles. The van der Waals surface area contributed by atoms with Gasteiger partial charge in [-0.05, 0) is 31.5 Å². The summed E-state index contributed by atoms with van der Waals surface area (Å²) in [6.07, 6.45) is 6.27. The Balaban J connectivity index is 0.00000121. The van der Waals surface area contributed by atoms with Crippen LogP contribution in [-0.2, 0) is 4.79 Å². The maximum Gasteiger partial charge on any atom is 0.225 e. The highest BCUT2D eigenvalue weighted by molar-refractivity contribution is 5.91. The molecule has 5 nitrogen and oxygen atoms in total. The summed E-state index contributed by atoms with van der Waals surface area (Å²) in [5.41, 5.74) is 1.77. The van der Waals surface area contributed by atoms with Gasteiger partial charge in [-0.1, -0.05) is 12.1 Å². The van der Waals surface area contributed by atoms with E-state index in [4.69, 9.17) is 0 Å². The lowest BCUT2D eigenvalue weighted by Crippen LogP contribution is -2.27. The number of anilines is 1. The van der Waals surface area contributed by atoms with Crippen LogP contribution in [0.25, 0.3) is 11.4 Å². The molecular formula is C15H20Cl2N4O. The van der Waals surface area contributed by atoms with Crippen LogP contribution in [0, 0.1) is 0 Å². The number of aromatic amines is 1. The van der Waals surface area contributed by atoms with Crippen LogP contribution in [-0.4, -0.2) is 28.5 Å². The van der Waals surface area contributed by atoms with Gasteiger partial charge in [-0.3, -0.25) is 4.79 Å². The minimum Gasteiger partial charge on any atom is -0.345 e. The topological polar surface area (TPSA) is 69.8 Å². The zero-order valence-electron chi connectivity index (χ0n) is 12.0. The number of carbonyl (C=O) groups excluding carboxylic acids is 1. The molecule has 1 amide bonds. The van der Waals surface area contributed by atoms with Crippen LogP contribution >= 0.6 is 24.8 Å². The monoisotopic (exact) mass is 342 g/mol. The number of H-pyrrole nitrogens is 1. The molecule has 22 heavy (non-hydrogen) atoms. The van der Waals surface area contributed by atoms with E-state index in [-0.39, 0.29) is 30.7 Å². The van der Waals surface area contributed by atoms with E-state index in [9.17, 15) is 4.79 Å². The molecule has 0 saturated carbocycles. The molecule has 1 aliphatic rings. The van der Waals surface area contributed by atoms with E-state index in [1.165, 1.54) is 0 Å². The number of benzene rings is 1. The van der Waals surface area contributed by atoms with E-state index in [0.29, 0.717) is 12.5 Å². The lowest BCUT2D eigenvalue weighted by molar-refractivity contribution is -0.116. The number of hydrogen-bond donors (Lipinski definition) is 3. The quantitative estimate of drug-likeness (QED) is 0.799. The zero-order chi connectivity index (χ0) is 13.8. The van der Waals surface area contributed by atoms with Gasteiger partial charge in [0, 0.05) is 36.1 Å². The number of nitrogens with one attached hydrogen (secondary N) is 3. The van der Waals surface area contributed by atoms with Gasteiger partial charge < -0.3 is 15.6 Å². The Bertz CT molecular complexity index is 583. The van der Waals surface area contributed by atoms with E-state index < -0.39 is 0 Å². The summed E-state index contributed by atoms with van der Waals surface area (Å²) in [5.74, 6) is 0.861. The number of halogens is 2. The van der Waals surface area contributed by atoms with Crippen LogP contribution in [0.4, 0.5) is 5.69 Å². The molecule has 0 bridgehead atoms. The second-order valence-electron chi connectivity index (χ2n) is 5.06. The van der Waals surface area contributed by atoms with Gasteiger partial charge in [-0.15, -0.1) is 24.8 Å². The summed E-state index contributed by atoms with van der Waals surface area (Å²) >= 11 is 0. The number of amides is 1. The van der Waals surface area contributed by atoms with Crippen molar-refractivity contribution in [1.82, 2.24) is 15.3 Å². The summed E-state index contributed by atoms with van der Waals surface area (Å²) in [7, 11) is 0. The minimum atomic E-state index is 0. The van der Waals surface area contributed by atoms with Crippen molar-refractivity contribution in [3.8, 4) is 11.4 Å². The zero-order valence-corrected chi connectivity index (χ0v) is 13.7. The van der Waals surface area contributed by atoms with Gasteiger partial charge in [0.25, 0.3) is 0 Å². The van der Waals surface area contributed by atoms with Crippen molar-refractivity contribution >= 4 is 36.4 Å². The molecule has 1 aliphatic heterocycles. The summed E-state index contributed by atoms with van der Waals surface area (Å²) in [5, 5.41) is 6.28. The first kappa shape index (κ1) is 18.5. The van der Waals surface area contributed by atoms with Crippen LogP contribution in [0.3, 0.4) is 0 Å². The molecular weight excluding hydrogens is 323 g/mol. The number of nitrogens with zero attached hydrogens (tertiary/aromatic N) is 1. The third-order valence-corrected chi connectivity index (χ3v) is 3.51. The van der Waals surface area contributed by atoms with Crippen molar-refractivity contribution in [3.63, 3.8) is 0 Å². The number of imidazole rings is 1. The van der Waals surface area contributed by atoms with Crippen LogP contribution in [0.2, 0.25) is 0 Å². The summed E-state index contributed by atoms with van der Waals surface area (Å²) in [4.78, 5) is 19.3. The second-order valence-corrected chi connectivity index (χ2v) is 5.06. The van der Waals surface area contributed by atoms with Crippen molar-refractivity contribution < 1.29 is 4.79 Å². The molecule has 2 heterocycles. The van der Waals surface area contributed by atoms with Gasteiger partial charge >= 0.3 is 0 Å². The largest absolute Gasteiger partial charge is 0.345 e. The molecule has 2 aromatic rings. The lowest BCUT2D eigenvalue weighted by Gasteiger charge is -2.11. The number of rotatable bonds is 4. The standard InChI is InChI=1S/C15H18N4O.2ClH/c20-14(10-12-5-2-6-16-12)19-13-4-1-3-11(9-13)15-17-7-8-18-15;;/h1,3-4,7-9,12,16H,2,5-6,10H2,(H,17,18)(H,19,20);2*1H. The van der Waals surface area contributed by atoms with Gasteiger partial charge in [0.2, 0.25) is 5.91 Å². The number of aromatic nitrogens is 2. The van der Waals surface area contributed by atoms with E-state index in [2.05, 4.69) is 20.6 Å². The predicted molar refractivity (Wildman–Crippen MR) is 92.8 cm³/mol. The Morgan fingerprint density at radius 3 is 2.91 bits per heavy atom. The van der Waals surface area contributed by atoms with Crippen LogP contribution in [0.5, 0.6) is 0 Å². The Hall–Kier alpha value is -1.56. The summed E-state index contributed by atoms with van der Waals surface area (Å²) in [6, 6.07) is 8.03. The molecule has 120 valence electrons. The fourth-order valence-electron chi connectivity index (χ4n) is 2.53. The van der Waals surface area contributed by atoms with Gasteiger partial charge in [0.15, 0.2) is 0 Å². The molecule has 3 rings (SSSR count). The van der Waals surface area contributed by atoms with E-state index in [0.717, 1.165) is 36.5 Å². The molecule has 0 aliphatic carbocycles. The fourth-order valence-corrected chi connectivity index (χ4v) is 2.53. The van der Waals surface area contributed by atoms with E-state index >= 15 is 0 Å². The molecule has 1 unspecified atom stereocenters. The first-order valence-corrected chi connectivity index (χ1v) is 6.94. The van der Waals surface area contributed by atoms with E-state index in [1.807, 2.05) is 24.3 Å². The molecule has 0 radical (unpaired) electrons. The first-order chi connectivity index (χ1) is 9.81. The molecule has 7 heteroatoms. The van der Waals surface area contributed by atoms with Gasteiger partial charge in [-0.25, -0.2) is 4.98 Å². The van der Waals surface area contributed by atoms with Crippen molar-refractivity contribution in [2.75, 3.05) is 11.9 Å². The fraction of sp³-hybridized carbons (Fsp3) is 0.333. The minimum absolute atomic E-state index is 0. The summed E-state index contributed by atoms with van der Waals surface area (Å²) in [6.45, 7) is 1.02. The molecule has 1 fully saturated rings. The normalized spacial score (nSPS) is 16.5. The molecule has 3 N–H and O–H groups in total. The SMILES string of the molecule is Cl.Cl.O=C(CC1CCCN1)Nc1cccc(-c2ncc[nH]2)c1. The second kappa shape index (κ2) is 8.78. The highest BCUT2D eigenvalue weighted by atomic mass is 35.5. The Kier molecular flexibility index (Phi) is 7.38. The summed E-state index contributed by atoms with van der Waals surface area (Å²) < 4.78 is 0. The third-order valence-electron chi connectivity index (χ3n) is 3.51. The lowest BCUT2D eigenvalue weighted by atomic mass is 10.1. The van der Waals surface area contributed by atoms with Crippen molar-refractivity contribution in [3.05, 3.63) is 36.7 Å². The smallest absolute Gasteiger partial charge is 0.225 e. The Labute approximate surface area is 142 Å². The number of hydrogen-bond acceptors (Lipinski definition) is 3. The molecule has 1 aromatic carbocycles. The Morgan fingerprint density at radius 2 is 2.23 bits per heavy atom. The van der Waals surface area contributed by atoms with Crippen molar-refractivity contribution in [1.29, 1.82) is 0 Å². The third kappa shape index (κ3) is 4.73. The first-order valence-electron chi connectivity index (χ1n) is 6.94. The average Bonchev–Trinajstić information content (AvgIpc) is 3.11. The maximum atomic E-state index is 12.0. The predicted octanol–water partition coefficient (Wildman–Crippen LogP) is 3.00. The van der Waals surface area contributed by atoms with Crippen molar-refractivity contribution in [2.45, 2.75) is 25.3 Å². The van der Waals surface area contributed by atoms with Gasteiger partial charge in [0.05, 0.1) is 0 Å². The molecule has 1 atom stereocenters. The van der Waals surface area contributed by atoms with Crippen LogP contribution in [0.15, 0.2) is 36.7 Å². The van der Waals surface area contributed by atoms with Gasteiger partial charge in [0.1, 0.15) is 5.82 Å². The number of carbonyl (C=O) groups is 1. The average molecular weight is 343 g/mol. The van der Waals surface area contributed by atoms with E-state index in [1.54, 1.807) is 12.4 Å². The highest BCUT2D eigenvalue weighted by Gasteiger charge is 2.17. The van der Waals surface area contributed by atoms with Crippen molar-refractivity contribution in [2.24, 2.45) is 0 Å².